The predicted octanol–water partition coefficient (Wildman–Crippen LogP) is 1.74. The third-order valence-electron chi connectivity index (χ3n) is 2.52. The SMILES string of the molecule is CC1NCCc2c(O)cc(F)cc21. The molecule has 2 N–H and O–H groups in total. The lowest BCUT2D eigenvalue weighted by Gasteiger charge is -2.24. The van der Waals surface area contributed by atoms with Gasteiger partial charge in [0.1, 0.15) is 11.6 Å². The first-order valence-corrected chi connectivity index (χ1v) is 4.43. The van der Waals surface area contributed by atoms with E-state index in [2.05, 4.69) is 5.32 Å². The molecule has 1 aliphatic rings. The standard InChI is InChI=1S/C10H12FNO/c1-6-9-4-7(11)5-10(13)8(9)2-3-12-6/h4-6,12-13H,2-3H2,1H3. The lowest BCUT2D eigenvalue weighted by Crippen LogP contribution is -2.27. The second-order valence-corrected chi connectivity index (χ2v) is 3.42. The van der Waals surface area contributed by atoms with Gasteiger partial charge in [0.25, 0.3) is 0 Å². The van der Waals surface area contributed by atoms with Gasteiger partial charge in [-0.2, -0.15) is 0 Å². The molecule has 1 aromatic rings. The van der Waals surface area contributed by atoms with Crippen molar-refractivity contribution in [2.24, 2.45) is 0 Å². The van der Waals surface area contributed by atoms with Gasteiger partial charge in [-0.1, -0.05) is 0 Å². The van der Waals surface area contributed by atoms with Gasteiger partial charge in [0.2, 0.25) is 0 Å². The van der Waals surface area contributed by atoms with Crippen LogP contribution < -0.4 is 5.32 Å². The van der Waals surface area contributed by atoms with Crippen LogP contribution in [0.4, 0.5) is 4.39 Å². The fourth-order valence-corrected chi connectivity index (χ4v) is 1.83. The molecule has 0 saturated heterocycles. The Labute approximate surface area is 76.4 Å². The van der Waals surface area contributed by atoms with Gasteiger partial charge >= 0.3 is 0 Å². The average Bonchev–Trinajstić information content (AvgIpc) is 2.07. The first-order chi connectivity index (χ1) is 6.18. The number of benzene rings is 1. The fourth-order valence-electron chi connectivity index (χ4n) is 1.83. The molecule has 1 aliphatic heterocycles. The van der Waals surface area contributed by atoms with Crippen LogP contribution in [0.1, 0.15) is 24.1 Å². The summed E-state index contributed by atoms with van der Waals surface area (Å²) in [6.45, 7) is 2.81. The normalized spacial score (nSPS) is 21.2. The maximum absolute atomic E-state index is 12.9. The first-order valence-electron chi connectivity index (χ1n) is 4.43. The molecule has 2 rings (SSSR count). The Morgan fingerprint density at radius 3 is 3.08 bits per heavy atom. The molecule has 0 aromatic heterocycles. The van der Waals surface area contributed by atoms with Gasteiger partial charge in [-0.3, -0.25) is 0 Å². The number of halogens is 1. The lowest BCUT2D eigenvalue weighted by atomic mass is 9.94. The molecule has 1 atom stereocenters. The average molecular weight is 181 g/mol. The van der Waals surface area contributed by atoms with E-state index in [9.17, 15) is 9.50 Å². The molecule has 1 unspecified atom stereocenters. The minimum Gasteiger partial charge on any atom is -0.508 e. The summed E-state index contributed by atoms with van der Waals surface area (Å²) in [5.74, 6) is -0.282. The van der Waals surface area contributed by atoms with E-state index in [1.807, 2.05) is 6.92 Å². The monoisotopic (exact) mass is 181 g/mol. The van der Waals surface area contributed by atoms with Crippen LogP contribution in [0.2, 0.25) is 0 Å². The maximum Gasteiger partial charge on any atom is 0.127 e. The summed E-state index contributed by atoms with van der Waals surface area (Å²) < 4.78 is 12.9. The van der Waals surface area contributed by atoms with Gasteiger partial charge in [0.15, 0.2) is 0 Å². The third-order valence-corrected chi connectivity index (χ3v) is 2.52. The molecule has 0 fully saturated rings. The number of nitrogens with one attached hydrogen (secondary N) is 1. The molecular weight excluding hydrogens is 169 g/mol. The minimum atomic E-state index is -0.369. The highest BCUT2D eigenvalue weighted by Crippen LogP contribution is 2.30. The zero-order chi connectivity index (χ0) is 9.42. The highest BCUT2D eigenvalue weighted by Gasteiger charge is 2.19. The Bertz CT molecular complexity index is 338. The smallest absolute Gasteiger partial charge is 0.127 e. The summed E-state index contributed by atoms with van der Waals surface area (Å²) in [6, 6.07) is 2.80. The van der Waals surface area contributed by atoms with Crippen molar-refractivity contribution < 1.29 is 9.50 Å². The molecule has 0 bridgehead atoms. The van der Waals surface area contributed by atoms with Crippen LogP contribution in [0.5, 0.6) is 5.75 Å². The Morgan fingerprint density at radius 1 is 1.54 bits per heavy atom. The summed E-state index contributed by atoms with van der Waals surface area (Å²) in [7, 11) is 0. The molecular formula is C10H12FNO. The topological polar surface area (TPSA) is 32.3 Å². The molecule has 1 aromatic carbocycles. The van der Waals surface area contributed by atoms with Crippen LogP contribution in [0.3, 0.4) is 0 Å². The third kappa shape index (κ3) is 1.40. The van der Waals surface area contributed by atoms with E-state index in [1.165, 1.54) is 12.1 Å². The summed E-state index contributed by atoms with van der Waals surface area (Å²) in [5.41, 5.74) is 1.76. The Kier molecular flexibility index (Phi) is 1.96. The molecule has 0 spiro atoms. The van der Waals surface area contributed by atoms with E-state index >= 15 is 0 Å². The number of phenolic OH excluding ortho intramolecular Hbond substituents is 1. The van der Waals surface area contributed by atoms with E-state index in [0.29, 0.717) is 0 Å². The largest absolute Gasteiger partial charge is 0.508 e. The van der Waals surface area contributed by atoms with Gasteiger partial charge in [-0.25, -0.2) is 4.39 Å². The highest BCUT2D eigenvalue weighted by atomic mass is 19.1. The number of hydrogen-bond donors (Lipinski definition) is 2. The quantitative estimate of drug-likeness (QED) is 0.639. The van der Waals surface area contributed by atoms with E-state index in [0.717, 1.165) is 24.1 Å². The molecule has 0 radical (unpaired) electrons. The van der Waals surface area contributed by atoms with Crippen LogP contribution in [-0.2, 0) is 6.42 Å². The molecule has 0 aliphatic carbocycles. The van der Waals surface area contributed by atoms with Crippen LogP contribution in [0.15, 0.2) is 12.1 Å². The van der Waals surface area contributed by atoms with Crippen molar-refractivity contribution in [1.82, 2.24) is 5.32 Å². The molecule has 3 heteroatoms. The van der Waals surface area contributed by atoms with Gasteiger partial charge in [0.05, 0.1) is 0 Å². The lowest BCUT2D eigenvalue weighted by molar-refractivity contribution is 0.444. The number of fused-ring (bicyclic) bond motifs is 1. The zero-order valence-corrected chi connectivity index (χ0v) is 7.47. The summed E-state index contributed by atoms with van der Waals surface area (Å²) in [4.78, 5) is 0. The molecule has 2 nitrogen and oxygen atoms in total. The van der Waals surface area contributed by atoms with E-state index in [1.54, 1.807) is 0 Å². The summed E-state index contributed by atoms with van der Waals surface area (Å²) in [6.07, 6.45) is 0.770. The fraction of sp³-hybridized carbons (Fsp3) is 0.400. The van der Waals surface area contributed by atoms with Crippen molar-refractivity contribution in [3.8, 4) is 5.75 Å². The minimum absolute atomic E-state index is 0.0864. The van der Waals surface area contributed by atoms with Gasteiger partial charge in [-0.05, 0) is 31.5 Å². The van der Waals surface area contributed by atoms with Crippen LogP contribution >= 0.6 is 0 Å². The Balaban J connectivity index is 2.56. The van der Waals surface area contributed by atoms with Gasteiger partial charge in [0, 0.05) is 17.7 Å². The second-order valence-electron chi connectivity index (χ2n) is 3.42. The van der Waals surface area contributed by atoms with Crippen LogP contribution in [0.25, 0.3) is 0 Å². The van der Waals surface area contributed by atoms with E-state index in [4.69, 9.17) is 0 Å². The zero-order valence-electron chi connectivity index (χ0n) is 7.47. The Hall–Kier alpha value is -1.09. The molecule has 0 saturated carbocycles. The molecule has 0 amide bonds. The van der Waals surface area contributed by atoms with E-state index < -0.39 is 0 Å². The van der Waals surface area contributed by atoms with Crippen molar-refractivity contribution in [3.63, 3.8) is 0 Å². The second kappa shape index (κ2) is 3.00. The van der Waals surface area contributed by atoms with Gasteiger partial charge in [-0.15, -0.1) is 0 Å². The number of hydrogen-bond acceptors (Lipinski definition) is 2. The van der Waals surface area contributed by atoms with Crippen molar-refractivity contribution in [1.29, 1.82) is 0 Å². The molecule has 1 heterocycles. The van der Waals surface area contributed by atoms with Crippen LogP contribution in [0, 0.1) is 5.82 Å². The van der Waals surface area contributed by atoms with Gasteiger partial charge < -0.3 is 10.4 Å². The Morgan fingerprint density at radius 2 is 2.31 bits per heavy atom. The van der Waals surface area contributed by atoms with Crippen molar-refractivity contribution in [3.05, 3.63) is 29.1 Å². The number of rotatable bonds is 0. The first kappa shape index (κ1) is 8.51. The predicted molar refractivity (Wildman–Crippen MR) is 48.2 cm³/mol. The van der Waals surface area contributed by atoms with Crippen LogP contribution in [-0.4, -0.2) is 11.7 Å². The molecule has 13 heavy (non-hydrogen) atoms. The van der Waals surface area contributed by atoms with Crippen molar-refractivity contribution in [2.45, 2.75) is 19.4 Å². The molecule has 70 valence electrons. The van der Waals surface area contributed by atoms with Crippen molar-refractivity contribution >= 4 is 0 Å². The number of aromatic hydroxyl groups is 1. The summed E-state index contributed by atoms with van der Waals surface area (Å²) in [5, 5.41) is 12.7. The van der Waals surface area contributed by atoms with Crippen molar-refractivity contribution in [2.75, 3.05) is 6.54 Å². The number of phenols is 1. The maximum atomic E-state index is 12.9. The highest BCUT2D eigenvalue weighted by molar-refractivity contribution is 5.42. The summed E-state index contributed by atoms with van der Waals surface area (Å²) >= 11 is 0. The van der Waals surface area contributed by atoms with E-state index in [-0.39, 0.29) is 17.6 Å².